The molecule has 1 fully saturated rings. The van der Waals surface area contributed by atoms with Gasteiger partial charge in [-0.25, -0.2) is 0 Å². The van der Waals surface area contributed by atoms with E-state index in [1.807, 2.05) is 0 Å². The predicted molar refractivity (Wildman–Crippen MR) is 34.2 cm³/mol. The number of nitrogens with two attached hydrogens (primary N) is 1. The van der Waals surface area contributed by atoms with E-state index in [2.05, 4.69) is 0 Å². The summed E-state index contributed by atoms with van der Waals surface area (Å²) < 4.78 is 10.2. The fourth-order valence-corrected chi connectivity index (χ4v) is 0.989. The van der Waals surface area contributed by atoms with Crippen LogP contribution in [0.25, 0.3) is 0 Å². The number of ether oxygens (including phenoxy) is 2. The maximum Gasteiger partial charge on any atom is 0.0820 e. The van der Waals surface area contributed by atoms with Crippen LogP contribution < -0.4 is 5.73 Å². The van der Waals surface area contributed by atoms with Gasteiger partial charge >= 0.3 is 0 Å². The van der Waals surface area contributed by atoms with Crippen molar-refractivity contribution in [1.82, 2.24) is 0 Å². The van der Waals surface area contributed by atoms with E-state index in [1.54, 1.807) is 7.11 Å². The van der Waals surface area contributed by atoms with Crippen LogP contribution in [0, 0.1) is 0 Å². The van der Waals surface area contributed by atoms with E-state index in [9.17, 15) is 0 Å². The lowest BCUT2D eigenvalue weighted by atomic mass is 10.1. The minimum atomic E-state index is 0.170. The van der Waals surface area contributed by atoms with Crippen molar-refractivity contribution in [2.24, 2.45) is 5.73 Å². The molecule has 1 aliphatic rings. The van der Waals surface area contributed by atoms with Gasteiger partial charge in [0, 0.05) is 13.2 Å². The van der Waals surface area contributed by atoms with Crippen LogP contribution in [0.4, 0.5) is 0 Å². The van der Waals surface area contributed by atoms with Crippen LogP contribution in [0.1, 0.15) is 6.42 Å². The van der Waals surface area contributed by atoms with Crippen LogP contribution >= 0.6 is 0 Å². The molecule has 1 saturated heterocycles. The van der Waals surface area contributed by atoms with Gasteiger partial charge in [0.25, 0.3) is 0 Å². The van der Waals surface area contributed by atoms with Crippen molar-refractivity contribution in [3.8, 4) is 0 Å². The lowest BCUT2D eigenvalue weighted by molar-refractivity contribution is -0.0377. The van der Waals surface area contributed by atoms with Crippen LogP contribution in [-0.2, 0) is 9.47 Å². The Bertz CT molecular complexity index is 87.1. The molecule has 0 unspecified atom stereocenters. The van der Waals surface area contributed by atoms with Crippen molar-refractivity contribution < 1.29 is 9.47 Å². The summed E-state index contributed by atoms with van der Waals surface area (Å²) in [6.45, 7) is 1.38. The van der Waals surface area contributed by atoms with E-state index in [0.717, 1.165) is 6.42 Å². The summed E-state index contributed by atoms with van der Waals surface area (Å²) in [4.78, 5) is 0. The zero-order valence-electron chi connectivity index (χ0n) is 5.67. The Balaban J connectivity index is 2.23. The number of hydrogen-bond acceptors (Lipinski definition) is 3. The molecule has 0 radical (unpaired) electrons. The Hall–Kier alpha value is -0.120. The molecular weight excluding hydrogens is 118 g/mol. The first-order valence-corrected chi connectivity index (χ1v) is 3.19. The zero-order valence-corrected chi connectivity index (χ0v) is 5.67. The SMILES string of the molecule is CO[C@H]1COC[C@@H](N)C1. The van der Waals surface area contributed by atoms with Crippen molar-refractivity contribution in [1.29, 1.82) is 0 Å². The van der Waals surface area contributed by atoms with Gasteiger partial charge in [-0.2, -0.15) is 0 Å². The van der Waals surface area contributed by atoms with E-state index in [0.29, 0.717) is 13.2 Å². The summed E-state index contributed by atoms with van der Waals surface area (Å²) in [6.07, 6.45) is 1.14. The van der Waals surface area contributed by atoms with Crippen LogP contribution in [0.2, 0.25) is 0 Å². The van der Waals surface area contributed by atoms with Gasteiger partial charge in [-0.05, 0) is 6.42 Å². The van der Waals surface area contributed by atoms with Crippen molar-refractivity contribution in [2.45, 2.75) is 18.6 Å². The van der Waals surface area contributed by atoms with Gasteiger partial charge in [-0.3, -0.25) is 0 Å². The van der Waals surface area contributed by atoms with Gasteiger partial charge in [-0.1, -0.05) is 0 Å². The fraction of sp³-hybridized carbons (Fsp3) is 1.00. The molecule has 2 N–H and O–H groups in total. The van der Waals surface area contributed by atoms with Crippen LogP contribution in [0.3, 0.4) is 0 Å². The number of methoxy groups -OCH3 is 1. The largest absolute Gasteiger partial charge is 0.379 e. The van der Waals surface area contributed by atoms with E-state index >= 15 is 0 Å². The molecule has 0 bridgehead atoms. The lowest BCUT2D eigenvalue weighted by Gasteiger charge is -2.25. The molecule has 0 saturated carbocycles. The Kier molecular flexibility index (Phi) is 2.45. The standard InChI is InChI=1S/C6H13NO2/c1-8-6-2-5(7)3-9-4-6/h5-6H,2-4,7H2,1H3/t5-,6+/m0/s1. The highest BCUT2D eigenvalue weighted by Gasteiger charge is 2.18. The average Bonchev–Trinajstić information content (AvgIpc) is 1.88. The summed E-state index contributed by atoms with van der Waals surface area (Å²) in [6, 6.07) is 0.170. The second kappa shape index (κ2) is 3.15. The molecule has 0 aliphatic carbocycles. The van der Waals surface area contributed by atoms with Crippen LogP contribution in [0.15, 0.2) is 0 Å². The normalized spacial score (nSPS) is 36.7. The quantitative estimate of drug-likeness (QED) is 0.533. The number of rotatable bonds is 1. The van der Waals surface area contributed by atoms with Crippen molar-refractivity contribution >= 4 is 0 Å². The molecule has 0 spiro atoms. The molecule has 1 heterocycles. The monoisotopic (exact) mass is 131 g/mol. The highest BCUT2D eigenvalue weighted by atomic mass is 16.5. The molecule has 9 heavy (non-hydrogen) atoms. The summed E-state index contributed by atoms with van der Waals surface area (Å²) >= 11 is 0. The molecule has 0 amide bonds. The summed E-state index contributed by atoms with van der Waals surface area (Å²) in [5, 5.41) is 0. The Morgan fingerprint density at radius 3 is 2.78 bits per heavy atom. The van der Waals surface area contributed by atoms with Gasteiger partial charge in [0.15, 0.2) is 0 Å². The Morgan fingerprint density at radius 1 is 1.56 bits per heavy atom. The molecule has 1 rings (SSSR count). The van der Waals surface area contributed by atoms with Gasteiger partial charge in [0.1, 0.15) is 0 Å². The molecule has 0 aromatic carbocycles. The maximum absolute atomic E-state index is 5.60. The van der Waals surface area contributed by atoms with Crippen molar-refractivity contribution in [3.05, 3.63) is 0 Å². The van der Waals surface area contributed by atoms with Crippen LogP contribution in [-0.4, -0.2) is 32.5 Å². The second-order valence-corrected chi connectivity index (χ2v) is 2.39. The second-order valence-electron chi connectivity index (χ2n) is 2.39. The minimum absolute atomic E-state index is 0.170. The molecule has 3 nitrogen and oxygen atoms in total. The third-order valence-corrected chi connectivity index (χ3v) is 1.53. The molecule has 3 heteroatoms. The molecule has 1 aliphatic heterocycles. The Labute approximate surface area is 55.1 Å². The van der Waals surface area contributed by atoms with Gasteiger partial charge in [-0.15, -0.1) is 0 Å². The topological polar surface area (TPSA) is 44.5 Å². The lowest BCUT2D eigenvalue weighted by Crippen LogP contribution is -2.39. The predicted octanol–water partition coefficient (Wildman–Crippen LogP) is -0.251. The first-order valence-electron chi connectivity index (χ1n) is 3.19. The van der Waals surface area contributed by atoms with Gasteiger partial charge in [0.2, 0.25) is 0 Å². The van der Waals surface area contributed by atoms with E-state index in [1.165, 1.54) is 0 Å². The first kappa shape index (κ1) is 6.99. The maximum atomic E-state index is 5.60. The highest BCUT2D eigenvalue weighted by molar-refractivity contribution is 4.72. The summed E-state index contributed by atoms with van der Waals surface area (Å²) in [5.74, 6) is 0. The molecule has 54 valence electrons. The molecular formula is C6H13NO2. The van der Waals surface area contributed by atoms with E-state index < -0.39 is 0 Å². The van der Waals surface area contributed by atoms with E-state index in [-0.39, 0.29) is 12.1 Å². The molecule has 2 atom stereocenters. The van der Waals surface area contributed by atoms with Gasteiger partial charge < -0.3 is 15.2 Å². The van der Waals surface area contributed by atoms with Crippen LogP contribution in [0.5, 0.6) is 0 Å². The third-order valence-electron chi connectivity index (χ3n) is 1.53. The average molecular weight is 131 g/mol. The summed E-state index contributed by atoms with van der Waals surface area (Å²) in [7, 11) is 1.69. The zero-order chi connectivity index (χ0) is 6.69. The summed E-state index contributed by atoms with van der Waals surface area (Å²) in [5.41, 5.74) is 5.60. The molecule has 0 aromatic heterocycles. The third kappa shape index (κ3) is 1.93. The van der Waals surface area contributed by atoms with Crippen molar-refractivity contribution in [2.75, 3.05) is 20.3 Å². The number of hydrogen-bond donors (Lipinski definition) is 1. The fourth-order valence-electron chi connectivity index (χ4n) is 0.989. The minimum Gasteiger partial charge on any atom is -0.379 e. The smallest absolute Gasteiger partial charge is 0.0820 e. The molecule has 0 aromatic rings. The van der Waals surface area contributed by atoms with Crippen molar-refractivity contribution in [3.63, 3.8) is 0 Å². The highest BCUT2D eigenvalue weighted by Crippen LogP contribution is 2.07. The van der Waals surface area contributed by atoms with Gasteiger partial charge in [0.05, 0.1) is 19.3 Å². The first-order chi connectivity index (χ1) is 4.33. The Morgan fingerprint density at radius 2 is 2.33 bits per heavy atom. The van der Waals surface area contributed by atoms with E-state index in [4.69, 9.17) is 15.2 Å².